The fourth-order valence-corrected chi connectivity index (χ4v) is 3.84. The van der Waals surface area contributed by atoms with Crippen molar-refractivity contribution in [2.24, 2.45) is 0 Å². The number of carbonyl (C=O) groups excluding carboxylic acids is 1. The predicted molar refractivity (Wildman–Crippen MR) is 105 cm³/mol. The average molecular weight is 369 g/mol. The van der Waals surface area contributed by atoms with Crippen LogP contribution in [-0.2, 0) is 17.6 Å². The van der Waals surface area contributed by atoms with Gasteiger partial charge in [0.05, 0.1) is 27.8 Å². The van der Waals surface area contributed by atoms with E-state index < -0.39 is 0 Å². The lowest BCUT2D eigenvalue weighted by Crippen LogP contribution is -2.31. The number of benzene rings is 2. The molecule has 1 unspecified atom stereocenters. The number of aryl methyl sites for hydroxylation is 1. The van der Waals surface area contributed by atoms with Crippen LogP contribution in [0.25, 0.3) is 0 Å². The van der Waals surface area contributed by atoms with E-state index in [4.69, 9.17) is 14.2 Å². The molecule has 0 spiro atoms. The molecule has 0 bridgehead atoms. The summed E-state index contributed by atoms with van der Waals surface area (Å²) >= 11 is 0. The third kappa shape index (κ3) is 4.18. The predicted octanol–water partition coefficient (Wildman–Crippen LogP) is 3.49. The molecule has 1 aliphatic carbocycles. The Balaban J connectivity index is 1.67. The molecular weight excluding hydrogens is 342 g/mol. The number of ether oxygens (including phenoxy) is 3. The zero-order valence-corrected chi connectivity index (χ0v) is 16.2. The summed E-state index contributed by atoms with van der Waals surface area (Å²) in [6.45, 7) is 0.658. The van der Waals surface area contributed by atoms with Gasteiger partial charge in [-0.05, 0) is 36.5 Å². The molecule has 1 aliphatic rings. The molecule has 5 nitrogen and oxygen atoms in total. The number of hydrogen-bond acceptors (Lipinski definition) is 4. The number of hydrogen-bond donors (Lipinski definition) is 1. The van der Waals surface area contributed by atoms with Gasteiger partial charge in [-0.3, -0.25) is 4.79 Å². The standard InChI is InChI=1S/C22H27NO4/c1-25-19-12-11-16(21(26-2)22(19)27-3)13-20(24)23-14-17-9-6-8-15-7-4-5-10-18(15)17/h4-5,7,10-12,17H,6,8-9,13-14H2,1-3H3,(H,23,24). The Hall–Kier alpha value is -2.69. The van der Waals surface area contributed by atoms with Gasteiger partial charge < -0.3 is 19.5 Å². The van der Waals surface area contributed by atoms with Crippen molar-refractivity contribution in [3.8, 4) is 17.2 Å². The van der Waals surface area contributed by atoms with Gasteiger partial charge >= 0.3 is 0 Å². The third-order valence-electron chi connectivity index (χ3n) is 5.18. The first kappa shape index (κ1) is 19.1. The molecule has 2 aromatic rings. The van der Waals surface area contributed by atoms with Crippen molar-refractivity contribution in [3.63, 3.8) is 0 Å². The highest BCUT2D eigenvalue weighted by Crippen LogP contribution is 2.40. The van der Waals surface area contributed by atoms with Gasteiger partial charge in [0.15, 0.2) is 11.5 Å². The Morgan fingerprint density at radius 1 is 1.04 bits per heavy atom. The lowest BCUT2D eigenvalue weighted by atomic mass is 9.83. The Morgan fingerprint density at radius 3 is 2.56 bits per heavy atom. The third-order valence-corrected chi connectivity index (χ3v) is 5.18. The van der Waals surface area contributed by atoms with Gasteiger partial charge in [-0.1, -0.05) is 30.3 Å². The summed E-state index contributed by atoms with van der Waals surface area (Å²) in [4.78, 5) is 12.6. The Kier molecular flexibility index (Phi) is 6.22. The highest BCUT2D eigenvalue weighted by molar-refractivity contribution is 5.80. The van der Waals surface area contributed by atoms with Crippen LogP contribution < -0.4 is 19.5 Å². The van der Waals surface area contributed by atoms with Crippen LogP contribution in [0.5, 0.6) is 17.2 Å². The van der Waals surface area contributed by atoms with Crippen molar-refractivity contribution < 1.29 is 19.0 Å². The van der Waals surface area contributed by atoms with Crippen molar-refractivity contribution in [1.29, 1.82) is 0 Å². The maximum Gasteiger partial charge on any atom is 0.224 e. The van der Waals surface area contributed by atoms with Crippen LogP contribution in [-0.4, -0.2) is 33.8 Å². The fourth-order valence-electron chi connectivity index (χ4n) is 3.84. The van der Waals surface area contributed by atoms with E-state index in [-0.39, 0.29) is 12.3 Å². The molecule has 0 saturated heterocycles. The normalized spacial score (nSPS) is 15.6. The smallest absolute Gasteiger partial charge is 0.224 e. The summed E-state index contributed by atoms with van der Waals surface area (Å²) < 4.78 is 16.2. The molecule has 0 radical (unpaired) electrons. The summed E-state index contributed by atoms with van der Waals surface area (Å²) in [5.74, 6) is 1.98. The first-order valence-corrected chi connectivity index (χ1v) is 9.30. The van der Waals surface area contributed by atoms with E-state index in [0.717, 1.165) is 18.4 Å². The molecule has 1 N–H and O–H groups in total. The molecule has 0 fully saturated rings. The van der Waals surface area contributed by atoms with Crippen molar-refractivity contribution in [2.75, 3.05) is 27.9 Å². The molecule has 144 valence electrons. The molecule has 5 heteroatoms. The van der Waals surface area contributed by atoms with E-state index in [2.05, 4.69) is 29.6 Å². The monoisotopic (exact) mass is 369 g/mol. The van der Waals surface area contributed by atoms with Crippen LogP contribution in [0.4, 0.5) is 0 Å². The second-order valence-corrected chi connectivity index (χ2v) is 6.76. The minimum atomic E-state index is -0.0245. The number of rotatable bonds is 7. The lowest BCUT2D eigenvalue weighted by molar-refractivity contribution is -0.120. The largest absolute Gasteiger partial charge is 0.493 e. The highest BCUT2D eigenvalue weighted by atomic mass is 16.5. The zero-order chi connectivity index (χ0) is 19.2. The molecule has 1 amide bonds. The molecule has 0 saturated carbocycles. The van der Waals surface area contributed by atoms with Crippen LogP contribution in [0.2, 0.25) is 0 Å². The molecule has 3 rings (SSSR count). The van der Waals surface area contributed by atoms with E-state index in [9.17, 15) is 4.79 Å². The van der Waals surface area contributed by atoms with Crippen LogP contribution in [0, 0.1) is 0 Å². The van der Waals surface area contributed by atoms with Gasteiger partial charge in [0, 0.05) is 18.0 Å². The number of fused-ring (bicyclic) bond motifs is 1. The Morgan fingerprint density at radius 2 is 1.81 bits per heavy atom. The van der Waals surface area contributed by atoms with Crippen LogP contribution in [0.15, 0.2) is 36.4 Å². The molecule has 2 aromatic carbocycles. The maximum atomic E-state index is 12.6. The first-order chi connectivity index (χ1) is 13.2. The van der Waals surface area contributed by atoms with Crippen molar-refractivity contribution in [3.05, 3.63) is 53.1 Å². The van der Waals surface area contributed by atoms with E-state index in [0.29, 0.717) is 29.7 Å². The van der Waals surface area contributed by atoms with E-state index in [1.54, 1.807) is 27.4 Å². The zero-order valence-electron chi connectivity index (χ0n) is 16.2. The van der Waals surface area contributed by atoms with Gasteiger partial charge in [0.2, 0.25) is 11.7 Å². The Bertz CT molecular complexity index is 803. The van der Waals surface area contributed by atoms with Crippen LogP contribution in [0.1, 0.15) is 35.4 Å². The summed E-state index contributed by atoms with van der Waals surface area (Å²) in [6.07, 6.45) is 3.64. The van der Waals surface area contributed by atoms with Crippen LogP contribution in [0.3, 0.4) is 0 Å². The first-order valence-electron chi connectivity index (χ1n) is 9.30. The van der Waals surface area contributed by atoms with Gasteiger partial charge in [-0.15, -0.1) is 0 Å². The van der Waals surface area contributed by atoms with E-state index >= 15 is 0 Å². The minimum Gasteiger partial charge on any atom is -0.493 e. The lowest BCUT2D eigenvalue weighted by Gasteiger charge is -2.25. The quantitative estimate of drug-likeness (QED) is 0.812. The fraction of sp³-hybridized carbons (Fsp3) is 0.409. The summed E-state index contributed by atoms with van der Waals surface area (Å²) in [6, 6.07) is 12.2. The molecule has 1 atom stereocenters. The second kappa shape index (κ2) is 8.80. The van der Waals surface area contributed by atoms with E-state index in [1.165, 1.54) is 17.5 Å². The molecular formula is C22H27NO4. The van der Waals surface area contributed by atoms with Crippen LogP contribution >= 0.6 is 0 Å². The minimum absolute atomic E-state index is 0.0245. The molecule has 0 heterocycles. The average Bonchev–Trinajstić information content (AvgIpc) is 2.71. The molecule has 0 aliphatic heterocycles. The Labute approximate surface area is 160 Å². The summed E-state index contributed by atoms with van der Waals surface area (Å²) in [5.41, 5.74) is 3.55. The summed E-state index contributed by atoms with van der Waals surface area (Å²) in [7, 11) is 4.70. The topological polar surface area (TPSA) is 56.8 Å². The molecule has 0 aromatic heterocycles. The number of methoxy groups -OCH3 is 3. The summed E-state index contributed by atoms with van der Waals surface area (Å²) in [5, 5.41) is 3.09. The highest BCUT2D eigenvalue weighted by Gasteiger charge is 2.21. The maximum absolute atomic E-state index is 12.6. The SMILES string of the molecule is COc1ccc(CC(=O)NCC2CCCc3ccccc32)c(OC)c1OC. The van der Waals surface area contributed by atoms with Gasteiger partial charge in [-0.2, -0.15) is 0 Å². The van der Waals surface area contributed by atoms with E-state index in [1.807, 2.05) is 6.07 Å². The number of carbonyl (C=O) groups is 1. The number of amides is 1. The second-order valence-electron chi connectivity index (χ2n) is 6.76. The van der Waals surface area contributed by atoms with Crippen molar-refractivity contribution >= 4 is 5.91 Å². The van der Waals surface area contributed by atoms with Gasteiger partial charge in [-0.25, -0.2) is 0 Å². The van der Waals surface area contributed by atoms with Crippen molar-refractivity contribution in [2.45, 2.75) is 31.6 Å². The molecule has 27 heavy (non-hydrogen) atoms. The van der Waals surface area contributed by atoms with Crippen molar-refractivity contribution in [1.82, 2.24) is 5.32 Å². The van der Waals surface area contributed by atoms with Gasteiger partial charge in [0.1, 0.15) is 0 Å². The number of nitrogens with one attached hydrogen (secondary N) is 1. The van der Waals surface area contributed by atoms with Gasteiger partial charge in [0.25, 0.3) is 0 Å².